The minimum Gasteiger partial charge on any atom is -0.459 e. The lowest BCUT2D eigenvalue weighted by molar-refractivity contribution is -0.155. The average Bonchev–Trinajstić information content (AvgIpc) is 2.78. The zero-order chi connectivity index (χ0) is 16.8. The van der Waals surface area contributed by atoms with Crippen molar-refractivity contribution in [1.29, 1.82) is 0 Å². The maximum absolute atomic E-state index is 12.8. The molecule has 0 aromatic carbocycles. The minimum atomic E-state index is -0.560. The number of hydrogen-bond acceptors (Lipinski definition) is 5. The molecule has 2 aromatic rings. The van der Waals surface area contributed by atoms with Gasteiger partial charge in [0.25, 0.3) is 5.56 Å². The van der Waals surface area contributed by atoms with Gasteiger partial charge in [0.1, 0.15) is 17.0 Å². The average molecular weight is 334 g/mol. The lowest BCUT2D eigenvalue weighted by Gasteiger charge is -2.19. The molecule has 0 spiro atoms. The van der Waals surface area contributed by atoms with E-state index >= 15 is 0 Å². The van der Waals surface area contributed by atoms with Crippen molar-refractivity contribution in [2.24, 2.45) is 5.92 Å². The summed E-state index contributed by atoms with van der Waals surface area (Å²) in [5.41, 5.74) is 0.447. The number of carbonyl (C=O) groups excluding carboxylic acids is 1. The number of nitrogens with zero attached hydrogens (tertiary/aromatic N) is 2. The molecule has 124 valence electrons. The van der Waals surface area contributed by atoms with Gasteiger partial charge in [-0.3, -0.25) is 14.2 Å². The Hall–Kier alpha value is -1.69. The summed E-state index contributed by atoms with van der Waals surface area (Å²) in [6.45, 7) is 7.57. The van der Waals surface area contributed by atoms with E-state index in [9.17, 15) is 9.59 Å². The molecule has 0 amide bonds. The molecule has 0 aliphatic heterocycles. The molecule has 6 heteroatoms. The van der Waals surface area contributed by atoms with Gasteiger partial charge >= 0.3 is 5.97 Å². The summed E-state index contributed by atoms with van der Waals surface area (Å²) < 4.78 is 6.66. The molecule has 0 saturated carbocycles. The zero-order valence-electron chi connectivity index (χ0n) is 14.0. The summed E-state index contributed by atoms with van der Waals surface area (Å²) in [7, 11) is 0. The summed E-state index contributed by atoms with van der Waals surface area (Å²) in [4.78, 5) is 31.2. The normalized spacial score (nSPS) is 18.0. The summed E-state index contributed by atoms with van der Waals surface area (Å²) in [6.07, 6.45) is 4.49. The predicted octanol–water partition coefficient (Wildman–Crippen LogP) is 2.92. The number of esters is 1. The van der Waals surface area contributed by atoms with Crippen LogP contribution in [0.3, 0.4) is 0 Å². The third-order valence-electron chi connectivity index (χ3n) is 4.00. The van der Waals surface area contributed by atoms with Gasteiger partial charge in [0, 0.05) is 4.88 Å². The Morgan fingerprint density at radius 2 is 2.22 bits per heavy atom. The van der Waals surface area contributed by atoms with E-state index in [0.29, 0.717) is 11.3 Å². The maximum atomic E-state index is 12.8. The molecule has 1 aliphatic carbocycles. The first-order chi connectivity index (χ1) is 10.7. The van der Waals surface area contributed by atoms with Crippen LogP contribution in [0.25, 0.3) is 10.2 Å². The fourth-order valence-corrected chi connectivity index (χ4v) is 4.33. The number of rotatable bonds is 2. The first-order valence-electron chi connectivity index (χ1n) is 7.96. The number of aryl methyl sites for hydroxylation is 1. The van der Waals surface area contributed by atoms with Crippen LogP contribution >= 0.6 is 11.3 Å². The maximum Gasteiger partial charge on any atom is 0.326 e. The molecule has 5 nitrogen and oxygen atoms in total. The molecule has 1 atom stereocenters. The molecule has 2 heterocycles. The smallest absolute Gasteiger partial charge is 0.326 e. The van der Waals surface area contributed by atoms with Gasteiger partial charge in [-0.05, 0) is 51.5 Å². The summed E-state index contributed by atoms with van der Waals surface area (Å²) >= 11 is 1.61. The second-order valence-corrected chi connectivity index (χ2v) is 8.38. The standard InChI is InChI=1S/C17H22N2O3S/c1-10-5-6-11-12(7-10)23-15-14(11)16(21)19(9-18-15)8-13(20)22-17(2,3)4/h9-10H,5-8H2,1-4H3. The van der Waals surface area contributed by atoms with Crippen LogP contribution in [0, 0.1) is 5.92 Å². The number of carbonyl (C=O) groups is 1. The molecule has 23 heavy (non-hydrogen) atoms. The van der Waals surface area contributed by atoms with E-state index < -0.39 is 11.6 Å². The number of fused-ring (bicyclic) bond motifs is 3. The summed E-state index contributed by atoms with van der Waals surface area (Å²) in [6, 6.07) is 0. The van der Waals surface area contributed by atoms with E-state index in [4.69, 9.17) is 4.74 Å². The van der Waals surface area contributed by atoms with Gasteiger partial charge in [-0.15, -0.1) is 11.3 Å². The van der Waals surface area contributed by atoms with Crippen molar-refractivity contribution in [3.8, 4) is 0 Å². The van der Waals surface area contributed by atoms with Crippen molar-refractivity contribution >= 4 is 27.5 Å². The van der Waals surface area contributed by atoms with Gasteiger partial charge in [0.05, 0.1) is 11.7 Å². The van der Waals surface area contributed by atoms with E-state index in [1.807, 2.05) is 20.8 Å². The van der Waals surface area contributed by atoms with Crippen LogP contribution in [0.2, 0.25) is 0 Å². The van der Waals surface area contributed by atoms with Crippen molar-refractivity contribution in [2.75, 3.05) is 0 Å². The predicted molar refractivity (Wildman–Crippen MR) is 90.9 cm³/mol. The van der Waals surface area contributed by atoms with Crippen LogP contribution in [0.4, 0.5) is 0 Å². The van der Waals surface area contributed by atoms with Crippen molar-refractivity contribution < 1.29 is 9.53 Å². The van der Waals surface area contributed by atoms with E-state index in [2.05, 4.69) is 11.9 Å². The molecule has 0 bridgehead atoms. The first-order valence-corrected chi connectivity index (χ1v) is 8.78. The van der Waals surface area contributed by atoms with E-state index in [-0.39, 0.29) is 12.1 Å². The first kappa shape index (κ1) is 16.2. The highest BCUT2D eigenvalue weighted by Gasteiger charge is 2.24. The lowest BCUT2D eigenvalue weighted by Crippen LogP contribution is -2.30. The molecular weight excluding hydrogens is 312 g/mol. The van der Waals surface area contributed by atoms with Gasteiger partial charge in [0.2, 0.25) is 0 Å². The van der Waals surface area contributed by atoms with Crippen LogP contribution in [-0.2, 0) is 28.9 Å². The Kier molecular flexibility index (Phi) is 4.04. The second kappa shape index (κ2) is 5.74. The van der Waals surface area contributed by atoms with Gasteiger partial charge in [0.15, 0.2) is 0 Å². The highest BCUT2D eigenvalue weighted by molar-refractivity contribution is 7.18. The van der Waals surface area contributed by atoms with Gasteiger partial charge in [-0.1, -0.05) is 6.92 Å². The Morgan fingerprint density at radius 3 is 2.91 bits per heavy atom. The molecule has 2 aromatic heterocycles. The van der Waals surface area contributed by atoms with Crippen LogP contribution in [0.5, 0.6) is 0 Å². The van der Waals surface area contributed by atoms with E-state index in [1.165, 1.54) is 15.8 Å². The molecule has 0 N–H and O–H groups in total. The SMILES string of the molecule is CC1CCc2c(sc3ncn(CC(=O)OC(C)(C)C)c(=O)c23)C1. The molecule has 0 fully saturated rings. The quantitative estimate of drug-likeness (QED) is 0.792. The van der Waals surface area contributed by atoms with Crippen molar-refractivity contribution in [3.63, 3.8) is 0 Å². The molecular formula is C17H22N2O3S. The van der Waals surface area contributed by atoms with E-state index in [0.717, 1.165) is 29.7 Å². The monoisotopic (exact) mass is 334 g/mol. The lowest BCUT2D eigenvalue weighted by atomic mass is 9.89. The van der Waals surface area contributed by atoms with Gasteiger partial charge in [-0.2, -0.15) is 0 Å². The molecule has 3 rings (SSSR count). The summed E-state index contributed by atoms with van der Waals surface area (Å²) in [5.74, 6) is 0.234. The highest BCUT2D eigenvalue weighted by atomic mass is 32.1. The fraction of sp³-hybridized carbons (Fsp3) is 0.588. The second-order valence-electron chi connectivity index (χ2n) is 7.30. The van der Waals surface area contributed by atoms with Crippen LogP contribution in [0.1, 0.15) is 44.6 Å². The minimum absolute atomic E-state index is 0.0972. The Balaban J connectivity index is 1.96. The molecule has 1 aliphatic rings. The zero-order valence-corrected chi connectivity index (χ0v) is 14.8. The van der Waals surface area contributed by atoms with Crippen LogP contribution < -0.4 is 5.56 Å². The fourth-order valence-electron chi connectivity index (χ4n) is 2.99. The third-order valence-corrected chi connectivity index (χ3v) is 5.16. The van der Waals surface area contributed by atoms with Crippen LogP contribution in [-0.4, -0.2) is 21.1 Å². The largest absolute Gasteiger partial charge is 0.459 e. The Morgan fingerprint density at radius 1 is 1.48 bits per heavy atom. The topological polar surface area (TPSA) is 61.2 Å². The van der Waals surface area contributed by atoms with Gasteiger partial charge in [-0.25, -0.2) is 4.98 Å². The van der Waals surface area contributed by atoms with Crippen molar-refractivity contribution in [2.45, 2.75) is 59.1 Å². The van der Waals surface area contributed by atoms with E-state index in [1.54, 1.807) is 11.3 Å². The number of thiophene rings is 1. The highest BCUT2D eigenvalue weighted by Crippen LogP contribution is 2.35. The Labute approximate surface area is 139 Å². The number of hydrogen-bond donors (Lipinski definition) is 0. The molecule has 1 unspecified atom stereocenters. The summed E-state index contributed by atoms with van der Waals surface area (Å²) in [5, 5.41) is 0.697. The number of aromatic nitrogens is 2. The molecule has 0 radical (unpaired) electrons. The Bertz CT molecular complexity index is 814. The van der Waals surface area contributed by atoms with Crippen LogP contribution in [0.15, 0.2) is 11.1 Å². The molecule has 0 saturated heterocycles. The number of ether oxygens (including phenoxy) is 1. The third kappa shape index (κ3) is 3.32. The van der Waals surface area contributed by atoms with Crippen molar-refractivity contribution in [1.82, 2.24) is 9.55 Å². The van der Waals surface area contributed by atoms with Crippen molar-refractivity contribution in [3.05, 3.63) is 27.1 Å². The van der Waals surface area contributed by atoms with Gasteiger partial charge < -0.3 is 4.74 Å².